The van der Waals surface area contributed by atoms with E-state index < -0.39 is 53.7 Å². The number of alkyl halides is 6. The van der Waals surface area contributed by atoms with E-state index in [4.69, 9.17) is 9.47 Å². The smallest absolute Gasteiger partial charge is 0.424 e. The molecule has 1 amide bonds. The maximum absolute atomic E-state index is 14.6. The molecule has 232 valence electrons. The Labute approximate surface area is 246 Å². The highest BCUT2D eigenvalue weighted by Gasteiger charge is 2.57. The molecule has 1 aliphatic heterocycles. The summed E-state index contributed by atoms with van der Waals surface area (Å²) in [6.07, 6.45) is -8.55. The van der Waals surface area contributed by atoms with E-state index in [0.717, 1.165) is 30.3 Å². The van der Waals surface area contributed by atoms with Gasteiger partial charge in [-0.05, 0) is 43.3 Å². The molecule has 0 bridgehead atoms. The number of ether oxygens (including phenoxy) is 2. The summed E-state index contributed by atoms with van der Waals surface area (Å²) in [5.41, 5.74) is -6.83. The number of nitrogens with zero attached hydrogens (tertiary/aromatic N) is 2. The first-order valence-corrected chi connectivity index (χ1v) is 13.1. The lowest BCUT2D eigenvalue weighted by molar-refractivity contribution is -0.265. The molecule has 0 fully saturated rings. The average Bonchev–Trinajstić information content (AvgIpc) is 3.34. The van der Waals surface area contributed by atoms with Gasteiger partial charge in [0.25, 0.3) is 5.91 Å². The number of methoxy groups -OCH3 is 1. The van der Waals surface area contributed by atoms with Crippen molar-refractivity contribution in [2.24, 2.45) is 0 Å². The summed E-state index contributed by atoms with van der Waals surface area (Å²) < 4.78 is 94.3. The Morgan fingerprint density at radius 3 is 2.41 bits per heavy atom. The van der Waals surface area contributed by atoms with E-state index in [1.165, 1.54) is 32.4 Å². The second-order valence-electron chi connectivity index (χ2n) is 10.6. The van der Waals surface area contributed by atoms with Crippen molar-refractivity contribution < 1.29 is 50.8 Å². The summed E-state index contributed by atoms with van der Waals surface area (Å²) in [6.45, 7) is -0.597. The number of nitrogens with one attached hydrogen (secondary N) is 1. The highest BCUT2D eigenvalue weighted by molar-refractivity contribution is 5.99. The molecule has 0 saturated heterocycles. The van der Waals surface area contributed by atoms with Crippen LogP contribution in [0.4, 0.5) is 26.3 Å². The number of benzene rings is 2. The zero-order valence-electron chi connectivity index (χ0n) is 23.2. The zero-order valence-corrected chi connectivity index (χ0v) is 23.2. The number of carbonyl (C=O) groups is 1. The lowest BCUT2D eigenvalue weighted by Gasteiger charge is -2.31. The predicted octanol–water partition coefficient (Wildman–Crippen LogP) is 5.15. The van der Waals surface area contributed by atoms with Crippen LogP contribution in [0.1, 0.15) is 34.1 Å². The van der Waals surface area contributed by atoms with Gasteiger partial charge in [-0.2, -0.15) is 26.3 Å². The van der Waals surface area contributed by atoms with Crippen molar-refractivity contribution in [2.75, 3.05) is 26.9 Å². The van der Waals surface area contributed by atoms with Crippen LogP contribution in [-0.4, -0.2) is 59.1 Å². The van der Waals surface area contributed by atoms with Gasteiger partial charge in [-0.1, -0.05) is 18.2 Å². The summed E-state index contributed by atoms with van der Waals surface area (Å²) >= 11 is 0. The first-order chi connectivity index (χ1) is 20.6. The minimum atomic E-state index is -5.39. The monoisotopic (exact) mass is 621 g/mol. The molecular weight excluding hydrogens is 596 g/mol. The number of rotatable bonds is 7. The van der Waals surface area contributed by atoms with E-state index in [1.54, 1.807) is 12.1 Å². The molecule has 4 aromatic rings. The van der Waals surface area contributed by atoms with Crippen LogP contribution < -0.4 is 14.8 Å². The number of halogens is 6. The summed E-state index contributed by atoms with van der Waals surface area (Å²) in [7, 11) is 1.34. The number of aromatic nitrogens is 2. The molecule has 5 rings (SSSR count). The Kier molecular flexibility index (Phi) is 7.70. The van der Waals surface area contributed by atoms with Crippen molar-refractivity contribution in [1.82, 2.24) is 15.3 Å². The Hall–Kier alpha value is -4.43. The molecule has 3 N–H and O–H groups in total. The molecule has 14 heteroatoms. The number of carbonyl (C=O) groups excluding carboxylic acids is 1. The van der Waals surface area contributed by atoms with Gasteiger partial charge >= 0.3 is 12.4 Å². The van der Waals surface area contributed by atoms with Crippen LogP contribution >= 0.6 is 0 Å². The molecule has 1 unspecified atom stereocenters. The van der Waals surface area contributed by atoms with Crippen molar-refractivity contribution in [3.05, 3.63) is 83.2 Å². The van der Waals surface area contributed by atoms with Crippen LogP contribution in [0.3, 0.4) is 0 Å². The zero-order chi connectivity index (χ0) is 32.1. The van der Waals surface area contributed by atoms with Gasteiger partial charge in [0.15, 0.2) is 0 Å². The van der Waals surface area contributed by atoms with Crippen molar-refractivity contribution >= 4 is 16.8 Å². The van der Waals surface area contributed by atoms with Crippen LogP contribution in [-0.2, 0) is 17.2 Å². The first kappa shape index (κ1) is 31.0. The number of hydrogen-bond donors (Lipinski definition) is 3. The van der Waals surface area contributed by atoms with E-state index in [1.807, 2.05) is 0 Å². The summed E-state index contributed by atoms with van der Waals surface area (Å²) in [5.74, 6) is -0.816. The van der Waals surface area contributed by atoms with Crippen molar-refractivity contribution in [3.63, 3.8) is 0 Å². The molecular formula is C30H25F6N3O5. The minimum absolute atomic E-state index is 0.0243. The lowest BCUT2D eigenvalue weighted by atomic mass is 9.83. The number of fused-ring (bicyclic) bond motifs is 2. The molecule has 2 atom stereocenters. The van der Waals surface area contributed by atoms with Gasteiger partial charge in [0.2, 0.25) is 5.60 Å². The molecule has 2 aromatic heterocycles. The topological polar surface area (TPSA) is 114 Å². The van der Waals surface area contributed by atoms with Gasteiger partial charge in [0.05, 0.1) is 36.9 Å². The summed E-state index contributed by atoms with van der Waals surface area (Å²) in [5, 5.41) is 23.8. The van der Waals surface area contributed by atoms with Crippen LogP contribution in [0.2, 0.25) is 0 Å². The molecule has 0 aliphatic carbocycles. The van der Waals surface area contributed by atoms with Crippen molar-refractivity contribution in [3.8, 4) is 22.8 Å². The largest absolute Gasteiger partial charge is 0.494 e. The van der Waals surface area contributed by atoms with Gasteiger partial charge < -0.3 is 25.0 Å². The molecule has 1 aliphatic rings. The highest BCUT2D eigenvalue weighted by Crippen LogP contribution is 2.48. The Balaban J connectivity index is 1.57. The Morgan fingerprint density at radius 2 is 1.80 bits per heavy atom. The van der Waals surface area contributed by atoms with E-state index in [0.29, 0.717) is 10.9 Å². The molecule has 0 spiro atoms. The third-order valence-electron chi connectivity index (χ3n) is 7.54. The second kappa shape index (κ2) is 10.9. The van der Waals surface area contributed by atoms with E-state index >= 15 is 0 Å². The molecule has 44 heavy (non-hydrogen) atoms. The fourth-order valence-corrected chi connectivity index (χ4v) is 4.88. The standard InChI is InChI=1S/C30H25F6N3O5/c1-27(14-40)15-44-25-20(27)12-22(39-24(25)16-5-7-19(8-6-16)29(31,32)33)28(42,30(34,35)36)13-38-26(41)18-10-17-4-3-9-37-23(17)21(11-18)43-2/h3-12,40,42H,13-15H2,1-2H3,(H,38,41)/t27-,28?/m0/s1. The normalized spacial score (nSPS) is 18.0. The van der Waals surface area contributed by atoms with E-state index in [2.05, 4.69) is 15.3 Å². The number of aliphatic hydroxyl groups is 2. The number of hydrogen-bond acceptors (Lipinski definition) is 7. The SMILES string of the molecule is COc1cc(C(=O)NCC(O)(c2cc3c(c(-c4ccc(C(F)(F)F)cc4)n2)OC[C@]3(C)CO)C(F)(F)F)cc2cccnc12. The third kappa shape index (κ3) is 5.39. The van der Waals surface area contributed by atoms with Crippen LogP contribution in [0, 0.1) is 0 Å². The van der Waals surface area contributed by atoms with Crippen molar-refractivity contribution in [1.29, 1.82) is 0 Å². The summed E-state index contributed by atoms with van der Waals surface area (Å²) in [4.78, 5) is 21.3. The second-order valence-corrected chi connectivity index (χ2v) is 10.6. The average molecular weight is 622 g/mol. The molecule has 3 heterocycles. The van der Waals surface area contributed by atoms with E-state index in [-0.39, 0.29) is 40.5 Å². The maximum atomic E-state index is 14.6. The fourth-order valence-electron chi connectivity index (χ4n) is 4.88. The predicted molar refractivity (Wildman–Crippen MR) is 145 cm³/mol. The Morgan fingerprint density at radius 1 is 1.09 bits per heavy atom. The Bertz CT molecular complexity index is 1730. The van der Waals surface area contributed by atoms with Crippen LogP contribution in [0.15, 0.2) is 60.8 Å². The number of amides is 1. The van der Waals surface area contributed by atoms with Gasteiger partial charge in [-0.3, -0.25) is 9.78 Å². The van der Waals surface area contributed by atoms with Gasteiger partial charge in [-0.15, -0.1) is 0 Å². The maximum Gasteiger partial charge on any atom is 0.424 e. The van der Waals surface area contributed by atoms with Gasteiger partial charge in [0.1, 0.15) is 29.3 Å². The van der Waals surface area contributed by atoms with Gasteiger partial charge in [-0.25, -0.2) is 4.98 Å². The molecule has 0 saturated carbocycles. The van der Waals surface area contributed by atoms with E-state index in [9.17, 15) is 41.4 Å². The molecule has 2 aromatic carbocycles. The fraction of sp³-hybridized carbons (Fsp3) is 0.300. The van der Waals surface area contributed by atoms with Crippen molar-refractivity contribution in [2.45, 2.75) is 30.3 Å². The first-order valence-electron chi connectivity index (χ1n) is 13.1. The quantitative estimate of drug-likeness (QED) is 0.245. The van der Waals surface area contributed by atoms with Gasteiger partial charge in [0, 0.05) is 28.3 Å². The minimum Gasteiger partial charge on any atom is -0.494 e. The summed E-state index contributed by atoms with van der Waals surface area (Å²) in [6, 6.07) is 10.4. The number of aliphatic hydroxyl groups excluding tert-OH is 1. The highest BCUT2D eigenvalue weighted by atomic mass is 19.4. The third-order valence-corrected chi connectivity index (χ3v) is 7.54. The van der Waals surface area contributed by atoms with Crippen LogP contribution in [0.5, 0.6) is 11.5 Å². The van der Waals surface area contributed by atoms with Crippen LogP contribution in [0.25, 0.3) is 22.2 Å². The molecule has 8 nitrogen and oxygen atoms in total. The lowest BCUT2D eigenvalue weighted by Crippen LogP contribution is -2.51. The number of pyridine rings is 2. The molecule has 0 radical (unpaired) electrons.